The molecule has 2 heteroatoms. The van der Waals surface area contributed by atoms with E-state index in [0.29, 0.717) is 24.2 Å². The second kappa shape index (κ2) is 4.43. The van der Waals surface area contributed by atoms with Crippen LogP contribution in [0, 0.1) is 34.5 Å². The molecule has 118 valence electrons. The molecule has 0 heterocycles. The summed E-state index contributed by atoms with van der Waals surface area (Å²) in [6, 6.07) is 0. The van der Waals surface area contributed by atoms with E-state index >= 15 is 0 Å². The Kier molecular flexibility index (Phi) is 2.94. The fourth-order valence-corrected chi connectivity index (χ4v) is 6.95. The van der Waals surface area contributed by atoms with E-state index < -0.39 is 0 Å². The van der Waals surface area contributed by atoms with Gasteiger partial charge in [0.1, 0.15) is 11.5 Å². The van der Waals surface area contributed by atoms with E-state index in [1.807, 2.05) is 0 Å². The first-order chi connectivity index (χ1) is 9.94. The molecule has 0 aliphatic heterocycles. The molecule has 6 atom stereocenters. The van der Waals surface area contributed by atoms with Gasteiger partial charge in [-0.1, -0.05) is 20.3 Å². The summed E-state index contributed by atoms with van der Waals surface area (Å²) in [4.78, 5) is 0. The molecule has 0 spiro atoms. The molecule has 0 amide bonds. The first-order valence-electron chi connectivity index (χ1n) is 9.04. The van der Waals surface area contributed by atoms with Gasteiger partial charge >= 0.3 is 0 Å². The van der Waals surface area contributed by atoms with E-state index in [4.69, 9.17) is 0 Å². The van der Waals surface area contributed by atoms with Crippen LogP contribution in [-0.4, -0.2) is 10.2 Å². The van der Waals surface area contributed by atoms with Crippen molar-refractivity contribution < 1.29 is 10.2 Å². The number of allylic oxidation sites excluding steroid dienone is 2. The van der Waals surface area contributed by atoms with Crippen molar-refractivity contribution in [3.05, 3.63) is 11.5 Å². The largest absolute Gasteiger partial charge is 0.509 e. The standard InChI is InChI=1S/C19H30O2/c1-18-8-3-4-14(18)13-6-5-12-10-16(20)17(21)11-19(12,2)15(13)7-9-18/h12-15,20-21H,3-11H2,1-2H3/t12?,13-,14-,15-,18-,19-/m0/s1. The molecular formula is C19H30O2. The van der Waals surface area contributed by atoms with Gasteiger partial charge in [0.2, 0.25) is 0 Å². The summed E-state index contributed by atoms with van der Waals surface area (Å²) < 4.78 is 0. The van der Waals surface area contributed by atoms with Crippen LogP contribution >= 0.6 is 0 Å². The minimum absolute atomic E-state index is 0.225. The van der Waals surface area contributed by atoms with Crippen LogP contribution < -0.4 is 0 Å². The number of aliphatic hydroxyl groups is 2. The highest BCUT2D eigenvalue weighted by molar-refractivity contribution is 5.16. The van der Waals surface area contributed by atoms with Crippen LogP contribution in [0.4, 0.5) is 0 Å². The zero-order chi connectivity index (χ0) is 14.8. The third-order valence-corrected chi connectivity index (χ3v) is 8.17. The highest BCUT2D eigenvalue weighted by Crippen LogP contribution is 2.66. The molecule has 21 heavy (non-hydrogen) atoms. The number of hydrogen-bond acceptors (Lipinski definition) is 2. The Morgan fingerprint density at radius 1 is 0.905 bits per heavy atom. The predicted molar refractivity (Wildman–Crippen MR) is 84.0 cm³/mol. The zero-order valence-corrected chi connectivity index (χ0v) is 13.6. The lowest BCUT2D eigenvalue weighted by Gasteiger charge is -2.59. The van der Waals surface area contributed by atoms with E-state index in [0.717, 1.165) is 17.8 Å². The average Bonchev–Trinajstić information content (AvgIpc) is 2.82. The van der Waals surface area contributed by atoms with E-state index in [1.54, 1.807) is 0 Å². The van der Waals surface area contributed by atoms with Crippen LogP contribution in [0.25, 0.3) is 0 Å². The van der Waals surface area contributed by atoms with Crippen molar-refractivity contribution in [3.8, 4) is 0 Å². The maximum Gasteiger partial charge on any atom is 0.130 e. The van der Waals surface area contributed by atoms with Crippen molar-refractivity contribution in [3.63, 3.8) is 0 Å². The molecule has 4 rings (SSSR count). The minimum atomic E-state index is 0.225. The molecule has 0 aromatic heterocycles. The molecule has 3 fully saturated rings. The van der Waals surface area contributed by atoms with Crippen molar-refractivity contribution >= 4 is 0 Å². The average molecular weight is 290 g/mol. The second-order valence-corrected chi connectivity index (χ2v) is 9.02. The minimum Gasteiger partial charge on any atom is -0.509 e. The summed E-state index contributed by atoms with van der Waals surface area (Å²) in [5.74, 6) is 3.71. The monoisotopic (exact) mass is 290 g/mol. The highest BCUT2D eigenvalue weighted by Gasteiger charge is 2.58. The van der Waals surface area contributed by atoms with Gasteiger partial charge in [0.25, 0.3) is 0 Å². The molecule has 0 saturated heterocycles. The summed E-state index contributed by atoms with van der Waals surface area (Å²) in [5.41, 5.74) is 0.836. The third-order valence-electron chi connectivity index (χ3n) is 8.17. The van der Waals surface area contributed by atoms with Crippen molar-refractivity contribution in [2.45, 2.75) is 71.6 Å². The molecule has 2 N–H and O–H groups in total. The molecule has 0 aromatic rings. The molecular weight excluding hydrogens is 260 g/mol. The van der Waals surface area contributed by atoms with Crippen LogP contribution in [0.3, 0.4) is 0 Å². The van der Waals surface area contributed by atoms with Gasteiger partial charge < -0.3 is 10.2 Å². The van der Waals surface area contributed by atoms with E-state index in [-0.39, 0.29) is 16.9 Å². The van der Waals surface area contributed by atoms with E-state index in [9.17, 15) is 10.2 Å². The van der Waals surface area contributed by atoms with Crippen LogP contribution in [0.2, 0.25) is 0 Å². The molecule has 0 aromatic carbocycles. The van der Waals surface area contributed by atoms with Gasteiger partial charge in [0.05, 0.1) is 0 Å². The molecule has 1 unspecified atom stereocenters. The van der Waals surface area contributed by atoms with Gasteiger partial charge in [-0.05, 0) is 73.0 Å². The Balaban J connectivity index is 1.67. The van der Waals surface area contributed by atoms with Crippen LogP contribution in [0.1, 0.15) is 71.6 Å². The van der Waals surface area contributed by atoms with Crippen molar-refractivity contribution in [1.29, 1.82) is 0 Å². The van der Waals surface area contributed by atoms with Gasteiger partial charge in [0, 0.05) is 12.8 Å². The Bertz CT molecular complexity index is 482. The quantitative estimate of drug-likeness (QED) is 0.630. The summed E-state index contributed by atoms with van der Waals surface area (Å²) in [5, 5.41) is 20.1. The number of rotatable bonds is 0. The second-order valence-electron chi connectivity index (χ2n) is 9.02. The summed E-state index contributed by atoms with van der Waals surface area (Å²) in [7, 11) is 0. The van der Waals surface area contributed by atoms with Crippen molar-refractivity contribution in [2.75, 3.05) is 0 Å². The maximum atomic E-state index is 10.1. The Labute approximate surface area is 128 Å². The lowest BCUT2D eigenvalue weighted by atomic mass is 9.46. The first-order valence-corrected chi connectivity index (χ1v) is 9.04. The maximum absolute atomic E-state index is 10.1. The van der Waals surface area contributed by atoms with Gasteiger partial charge in [-0.15, -0.1) is 0 Å². The topological polar surface area (TPSA) is 40.5 Å². The fraction of sp³-hybridized carbons (Fsp3) is 0.895. The summed E-state index contributed by atoms with van der Waals surface area (Å²) >= 11 is 0. The Hall–Kier alpha value is -0.660. The smallest absolute Gasteiger partial charge is 0.130 e. The van der Waals surface area contributed by atoms with Crippen LogP contribution in [-0.2, 0) is 0 Å². The van der Waals surface area contributed by atoms with Gasteiger partial charge in [-0.25, -0.2) is 0 Å². The van der Waals surface area contributed by atoms with Gasteiger partial charge in [-0.3, -0.25) is 0 Å². The fourth-order valence-electron chi connectivity index (χ4n) is 6.95. The van der Waals surface area contributed by atoms with Gasteiger partial charge in [0.15, 0.2) is 0 Å². The molecule has 3 saturated carbocycles. The summed E-state index contributed by atoms with van der Waals surface area (Å²) in [6.07, 6.45) is 11.1. The van der Waals surface area contributed by atoms with Crippen LogP contribution in [0.15, 0.2) is 11.5 Å². The molecule has 4 aliphatic rings. The molecule has 0 bridgehead atoms. The lowest BCUT2D eigenvalue weighted by molar-refractivity contribution is -0.0981. The SMILES string of the molecule is C[C@@]12CCC[C@H]1[C@@H]1CCC3CC(O)=C(O)C[C@]3(C)[C@H]1CC2. The first kappa shape index (κ1) is 14.0. The molecule has 4 aliphatic carbocycles. The lowest BCUT2D eigenvalue weighted by Crippen LogP contribution is -2.52. The van der Waals surface area contributed by atoms with E-state index in [2.05, 4.69) is 13.8 Å². The Morgan fingerprint density at radius 2 is 1.71 bits per heavy atom. The number of fused-ring (bicyclic) bond motifs is 5. The van der Waals surface area contributed by atoms with Crippen molar-refractivity contribution in [1.82, 2.24) is 0 Å². The molecule has 2 nitrogen and oxygen atoms in total. The van der Waals surface area contributed by atoms with Crippen LogP contribution in [0.5, 0.6) is 0 Å². The summed E-state index contributed by atoms with van der Waals surface area (Å²) in [6.45, 7) is 4.95. The third kappa shape index (κ3) is 1.83. The van der Waals surface area contributed by atoms with Gasteiger partial charge in [-0.2, -0.15) is 0 Å². The van der Waals surface area contributed by atoms with E-state index in [1.165, 1.54) is 44.9 Å². The number of hydrogen-bond donors (Lipinski definition) is 2. The molecule has 0 radical (unpaired) electrons. The highest BCUT2D eigenvalue weighted by atomic mass is 16.3. The normalized spacial score (nSPS) is 53.0. The van der Waals surface area contributed by atoms with Crippen molar-refractivity contribution in [2.24, 2.45) is 34.5 Å². The predicted octanol–water partition coefficient (Wildman–Crippen LogP) is 5.36. The number of aliphatic hydroxyl groups excluding tert-OH is 2. The zero-order valence-electron chi connectivity index (χ0n) is 13.6. The Morgan fingerprint density at radius 3 is 2.52 bits per heavy atom.